The van der Waals surface area contributed by atoms with Gasteiger partial charge in [0.15, 0.2) is 17.3 Å². The average molecular weight is 550 g/mol. The SMILES string of the molecule is Cc1cc(Oc2ccccc2F)ccc1-n1ncc(C(=O)c2cc3cc(OF)c(NSCC=O)cc3[nH]2)c1N. The molecule has 0 radical (unpaired) electrons. The van der Waals surface area contributed by atoms with E-state index in [0.717, 1.165) is 17.5 Å². The second kappa shape index (κ2) is 10.9. The molecule has 0 saturated heterocycles. The van der Waals surface area contributed by atoms with Crippen LogP contribution >= 0.6 is 11.9 Å². The number of aryl methyl sites for hydroxylation is 1. The van der Waals surface area contributed by atoms with Crippen LogP contribution in [0.5, 0.6) is 17.2 Å². The van der Waals surface area contributed by atoms with Crippen LogP contribution < -0.4 is 20.1 Å². The molecule has 0 saturated carbocycles. The summed E-state index contributed by atoms with van der Waals surface area (Å²) in [5.41, 5.74) is 8.88. The first-order chi connectivity index (χ1) is 18.9. The van der Waals surface area contributed by atoms with Crippen molar-refractivity contribution in [3.63, 3.8) is 0 Å². The lowest BCUT2D eigenvalue weighted by Crippen LogP contribution is -2.08. The van der Waals surface area contributed by atoms with Gasteiger partial charge in [0, 0.05) is 15.4 Å². The van der Waals surface area contributed by atoms with E-state index < -0.39 is 11.6 Å². The van der Waals surface area contributed by atoms with Crippen LogP contribution in [0.2, 0.25) is 0 Å². The van der Waals surface area contributed by atoms with Gasteiger partial charge in [0.1, 0.15) is 17.9 Å². The van der Waals surface area contributed by atoms with Gasteiger partial charge in [0.05, 0.1) is 34.6 Å². The Morgan fingerprint density at radius 3 is 2.74 bits per heavy atom. The summed E-state index contributed by atoms with van der Waals surface area (Å²) in [6.07, 6.45) is 2.07. The second-order valence-electron chi connectivity index (χ2n) is 8.44. The third-order valence-corrected chi connectivity index (χ3v) is 6.56. The molecule has 0 aliphatic heterocycles. The van der Waals surface area contributed by atoms with E-state index in [1.807, 2.05) is 6.92 Å². The third-order valence-electron chi connectivity index (χ3n) is 5.89. The molecule has 0 fully saturated rings. The van der Waals surface area contributed by atoms with Crippen molar-refractivity contribution in [3.05, 3.63) is 89.5 Å². The van der Waals surface area contributed by atoms with Gasteiger partial charge in [-0.2, -0.15) is 5.10 Å². The van der Waals surface area contributed by atoms with Gasteiger partial charge >= 0.3 is 0 Å². The number of para-hydroxylation sites is 1. The largest absolute Gasteiger partial charge is 0.454 e. The van der Waals surface area contributed by atoms with Crippen LogP contribution in [0.25, 0.3) is 16.6 Å². The van der Waals surface area contributed by atoms with E-state index >= 15 is 0 Å². The Hall–Kier alpha value is -4.84. The maximum Gasteiger partial charge on any atom is 0.214 e. The molecule has 0 unspecified atom stereocenters. The number of carbonyl (C=O) groups excluding carboxylic acids is 2. The molecule has 9 nitrogen and oxygen atoms in total. The summed E-state index contributed by atoms with van der Waals surface area (Å²) in [4.78, 5) is 30.8. The normalized spacial score (nSPS) is 10.9. The molecule has 12 heteroatoms. The Balaban J connectivity index is 1.41. The van der Waals surface area contributed by atoms with E-state index in [1.54, 1.807) is 42.5 Å². The number of rotatable bonds is 10. The fraction of sp³-hybridized carbons (Fsp3) is 0.0741. The molecule has 39 heavy (non-hydrogen) atoms. The summed E-state index contributed by atoms with van der Waals surface area (Å²) in [5, 5.41) is 4.84. The number of ketones is 1. The number of nitrogens with zero attached hydrogens (tertiary/aromatic N) is 2. The van der Waals surface area contributed by atoms with Crippen molar-refractivity contribution >= 4 is 46.4 Å². The predicted molar refractivity (Wildman–Crippen MR) is 145 cm³/mol. The number of fused-ring (bicyclic) bond motifs is 1. The molecule has 0 amide bonds. The molecular weight excluding hydrogens is 528 g/mol. The van der Waals surface area contributed by atoms with Crippen molar-refractivity contribution in [2.45, 2.75) is 6.92 Å². The van der Waals surface area contributed by atoms with Gasteiger partial charge in [-0.15, -0.1) is 0 Å². The second-order valence-corrected chi connectivity index (χ2v) is 9.27. The molecule has 5 aromatic rings. The molecule has 5 rings (SSSR count). The summed E-state index contributed by atoms with van der Waals surface area (Å²) in [6.45, 7) is 1.81. The van der Waals surface area contributed by atoms with E-state index in [0.29, 0.717) is 34.3 Å². The molecule has 0 aliphatic rings. The van der Waals surface area contributed by atoms with Gasteiger partial charge in [-0.1, -0.05) is 12.1 Å². The zero-order valence-electron chi connectivity index (χ0n) is 20.4. The van der Waals surface area contributed by atoms with Gasteiger partial charge < -0.3 is 25.0 Å². The van der Waals surface area contributed by atoms with Crippen molar-refractivity contribution in [3.8, 4) is 22.9 Å². The Kier molecular flexibility index (Phi) is 7.19. The fourth-order valence-electron chi connectivity index (χ4n) is 4.03. The van der Waals surface area contributed by atoms with Crippen LogP contribution in [0.15, 0.2) is 66.9 Å². The van der Waals surface area contributed by atoms with Gasteiger partial charge in [0.25, 0.3) is 0 Å². The van der Waals surface area contributed by atoms with Gasteiger partial charge in [0.2, 0.25) is 5.78 Å². The van der Waals surface area contributed by atoms with Crippen LogP contribution in [-0.4, -0.2) is 32.6 Å². The number of H-pyrrole nitrogens is 1. The number of aldehydes is 1. The van der Waals surface area contributed by atoms with E-state index in [9.17, 15) is 18.5 Å². The molecule has 0 bridgehead atoms. The lowest BCUT2D eigenvalue weighted by molar-refractivity contribution is -0.105. The monoisotopic (exact) mass is 549 g/mol. The highest BCUT2D eigenvalue weighted by molar-refractivity contribution is 8.01. The van der Waals surface area contributed by atoms with Crippen molar-refractivity contribution in [1.82, 2.24) is 14.8 Å². The number of aromatic nitrogens is 3. The third kappa shape index (κ3) is 5.14. The maximum atomic E-state index is 14.0. The number of carbonyl (C=O) groups is 2. The standard InChI is InChI=1S/C27H21F2N5O4S/c1-15-10-17(37-24-5-3-2-4-19(24)28)6-7-23(15)34-27(30)18(14-31-34)26(36)22-11-16-12-25(38-29)21(13-20(16)32-22)33-39-9-8-35/h2-8,10-14,32-33H,9,30H2,1H3. The molecule has 0 aliphatic carbocycles. The van der Waals surface area contributed by atoms with Gasteiger partial charge in [-0.3, -0.25) is 9.74 Å². The van der Waals surface area contributed by atoms with Crippen LogP contribution in [0.1, 0.15) is 21.6 Å². The number of nitrogen functional groups attached to an aromatic ring is 1. The number of benzene rings is 3. The van der Waals surface area contributed by atoms with Gasteiger partial charge in [-0.25, -0.2) is 9.07 Å². The molecule has 198 valence electrons. The fourth-order valence-corrected chi connectivity index (χ4v) is 4.50. The zero-order valence-corrected chi connectivity index (χ0v) is 21.2. The molecule has 2 aromatic heterocycles. The Morgan fingerprint density at radius 1 is 1.18 bits per heavy atom. The summed E-state index contributed by atoms with van der Waals surface area (Å²) in [5.74, 6) is -0.191. The Bertz CT molecular complexity index is 1700. The Labute approximate surface area is 224 Å². The Morgan fingerprint density at radius 2 is 2.00 bits per heavy atom. The molecule has 2 heterocycles. The van der Waals surface area contributed by atoms with E-state index in [4.69, 9.17) is 10.5 Å². The minimum absolute atomic E-state index is 0.0934. The summed E-state index contributed by atoms with van der Waals surface area (Å²) in [6, 6.07) is 15.7. The molecule has 0 spiro atoms. The maximum absolute atomic E-state index is 14.0. The number of halogens is 2. The smallest absolute Gasteiger partial charge is 0.214 e. The lowest BCUT2D eigenvalue weighted by atomic mass is 10.1. The van der Waals surface area contributed by atoms with E-state index in [1.165, 1.54) is 29.1 Å². The van der Waals surface area contributed by atoms with Crippen LogP contribution in [0.4, 0.5) is 20.4 Å². The average Bonchev–Trinajstić information content (AvgIpc) is 3.52. The van der Waals surface area contributed by atoms with Crippen molar-refractivity contribution < 1.29 is 28.2 Å². The first-order valence-corrected chi connectivity index (χ1v) is 12.6. The van der Waals surface area contributed by atoms with Crippen molar-refractivity contribution in [1.29, 1.82) is 0 Å². The van der Waals surface area contributed by atoms with Crippen LogP contribution in [0.3, 0.4) is 0 Å². The summed E-state index contributed by atoms with van der Waals surface area (Å²) < 4.78 is 37.0. The highest BCUT2D eigenvalue weighted by atomic mass is 32.2. The summed E-state index contributed by atoms with van der Waals surface area (Å²) in [7, 11) is 0. The molecule has 0 atom stereocenters. The number of anilines is 2. The van der Waals surface area contributed by atoms with Crippen molar-refractivity contribution in [2.24, 2.45) is 0 Å². The number of nitrogens with two attached hydrogens (primary N) is 1. The predicted octanol–water partition coefficient (Wildman–Crippen LogP) is 5.93. The molecule has 4 N–H and O–H groups in total. The topological polar surface area (TPSA) is 124 Å². The first kappa shape index (κ1) is 25.8. The zero-order chi connectivity index (χ0) is 27.5. The van der Waals surface area contributed by atoms with Crippen molar-refractivity contribution in [2.75, 3.05) is 16.2 Å². The highest BCUT2D eigenvalue weighted by Gasteiger charge is 2.21. The summed E-state index contributed by atoms with van der Waals surface area (Å²) >= 11 is 1.06. The quantitative estimate of drug-likeness (QED) is 0.0848. The van der Waals surface area contributed by atoms with Crippen LogP contribution in [-0.2, 0) is 4.79 Å². The number of hydrogen-bond donors (Lipinski definition) is 3. The first-order valence-electron chi connectivity index (χ1n) is 11.6. The minimum atomic E-state index is -0.478. The van der Waals surface area contributed by atoms with Crippen LogP contribution in [0, 0.1) is 12.7 Å². The van der Waals surface area contributed by atoms with Gasteiger partial charge in [-0.05, 0) is 73.0 Å². The number of ether oxygens (including phenoxy) is 1. The van der Waals surface area contributed by atoms with E-state index in [-0.39, 0.29) is 34.3 Å². The number of hydrogen-bond acceptors (Lipinski definition) is 8. The minimum Gasteiger partial charge on any atom is -0.454 e. The molecule has 3 aromatic carbocycles. The van der Waals surface area contributed by atoms with E-state index in [2.05, 4.69) is 19.7 Å². The number of aromatic amines is 1. The molecular formula is C27H21F2N5O4S. The number of nitrogens with one attached hydrogen (secondary N) is 2. The lowest BCUT2D eigenvalue weighted by Gasteiger charge is -2.12. The highest BCUT2D eigenvalue weighted by Crippen LogP contribution is 2.34.